The molecule has 1 fully saturated rings. The Balaban J connectivity index is 1.61. The van der Waals surface area contributed by atoms with Gasteiger partial charge in [0, 0.05) is 11.6 Å². The molecule has 0 atom stereocenters. The van der Waals surface area contributed by atoms with Crippen molar-refractivity contribution in [3.63, 3.8) is 0 Å². The minimum atomic E-state index is -0.691. The molecule has 1 aromatic carbocycles. The van der Waals surface area contributed by atoms with E-state index in [-0.39, 0.29) is 5.92 Å². The van der Waals surface area contributed by atoms with Crippen molar-refractivity contribution in [3.8, 4) is 11.3 Å². The summed E-state index contributed by atoms with van der Waals surface area (Å²) in [5, 5.41) is 12.5. The number of benzene rings is 1. The molecule has 2 aromatic rings. The number of hydrogen-bond donors (Lipinski definition) is 2. The number of nitrogens with one attached hydrogen (secondary N) is 1. The molecule has 1 aromatic heterocycles. The second-order valence-corrected chi connectivity index (χ2v) is 6.57. The Hall–Kier alpha value is -2.60. The third kappa shape index (κ3) is 4.14. The number of rotatable bonds is 6. The minimum absolute atomic E-state index is 0.210. The second-order valence-electron chi connectivity index (χ2n) is 6.57. The normalized spacial score (nSPS) is 19.9. The zero-order valence-electron chi connectivity index (χ0n) is 14.7. The summed E-state index contributed by atoms with van der Waals surface area (Å²) in [4.78, 5) is 22.9. The average molecular weight is 357 g/mol. The van der Waals surface area contributed by atoms with Gasteiger partial charge < -0.3 is 19.6 Å². The molecule has 138 valence electrons. The van der Waals surface area contributed by atoms with Crippen LogP contribution in [-0.2, 0) is 16.1 Å². The molecule has 6 heteroatoms. The maximum absolute atomic E-state index is 11.9. The van der Waals surface area contributed by atoms with Crippen LogP contribution in [0.1, 0.15) is 41.8 Å². The predicted molar refractivity (Wildman–Crippen MR) is 95.7 cm³/mol. The first-order valence-electron chi connectivity index (χ1n) is 8.81. The van der Waals surface area contributed by atoms with Crippen LogP contribution >= 0.6 is 0 Å². The number of esters is 1. The van der Waals surface area contributed by atoms with Gasteiger partial charge in [-0.2, -0.15) is 0 Å². The molecule has 0 saturated heterocycles. The van der Waals surface area contributed by atoms with E-state index >= 15 is 0 Å². The number of furan rings is 1. The quantitative estimate of drug-likeness (QED) is 0.770. The number of carbonyl (C=O) groups excluding carboxylic acids is 1. The van der Waals surface area contributed by atoms with E-state index in [0.29, 0.717) is 42.3 Å². The molecule has 0 bridgehead atoms. The van der Waals surface area contributed by atoms with Gasteiger partial charge >= 0.3 is 11.9 Å². The fourth-order valence-electron chi connectivity index (χ4n) is 3.39. The van der Waals surface area contributed by atoms with Gasteiger partial charge in [-0.05, 0) is 43.9 Å². The Morgan fingerprint density at radius 1 is 1.15 bits per heavy atom. The van der Waals surface area contributed by atoms with Crippen LogP contribution in [0.25, 0.3) is 11.3 Å². The number of carboxylic acid groups (broad SMARTS) is 1. The summed E-state index contributed by atoms with van der Waals surface area (Å²) in [6.07, 6.45) is 3.14. The number of carboxylic acids is 1. The van der Waals surface area contributed by atoms with Crippen LogP contribution in [0.2, 0.25) is 0 Å². The lowest BCUT2D eigenvalue weighted by Crippen LogP contribution is -2.34. The largest absolute Gasteiger partial charge is 0.481 e. The van der Waals surface area contributed by atoms with Crippen molar-refractivity contribution in [3.05, 3.63) is 47.7 Å². The molecular formula is C20H23NO5. The first-order valence-corrected chi connectivity index (χ1v) is 8.81. The standard InChI is InChI=1S/C20H23NO5/c1-25-20(24)17-5-3-2-4-16(17)18-11-10-15(26-18)12-21-14-8-6-13(7-9-14)19(22)23/h2-5,10-11,13-14,21H,6-9,12H2,1H3,(H,22,23). The van der Waals surface area contributed by atoms with Gasteiger partial charge in [0.25, 0.3) is 0 Å². The van der Waals surface area contributed by atoms with E-state index in [1.807, 2.05) is 24.3 Å². The van der Waals surface area contributed by atoms with Crippen molar-refractivity contribution in [2.75, 3.05) is 7.11 Å². The van der Waals surface area contributed by atoms with Crippen LogP contribution in [-0.4, -0.2) is 30.2 Å². The van der Waals surface area contributed by atoms with Crippen molar-refractivity contribution in [1.29, 1.82) is 0 Å². The number of carbonyl (C=O) groups is 2. The number of hydrogen-bond acceptors (Lipinski definition) is 5. The van der Waals surface area contributed by atoms with Gasteiger partial charge in [0.2, 0.25) is 0 Å². The number of ether oxygens (including phenoxy) is 1. The molecule has 26 heavy (non-hydrogen) atoms. The summed E-state index contributed by atoms with van der Waals surface area (Å²) in [5.74, 6) is 0.103. The highest BCUT2D eigenvalue weighted by atomic mass is 16.5. The Labute approximate surface area is 152 Å². The highest BCUT2D eigenvalue weighted by molar-refractivity contribution is 5.96. The molecule has 6 nitrogen and oxygen atoms in total. The zero-order valence-corrected chi connectivity index (χ0v) is 14.7. The summed E-state index contributed by atoms with van der Waals surface area (Å²) in [5.41, 5.74) is 1.17. The molecule has 0 aliphatic heterocycles. The summed E-state index contributed by atoms with van der Waals surface area (Å²) < 4.78 is 10.7. The molecule has 0 spiro atoms. The van der Waals surface area contributed by atoms with Gasteiger partial charge in [0.1, 0.15) is 11.5 Å². The summed E-state index contributed by atoms with van der Waals surface area (Å²) in [6.45, 7) is 0.572. The molecular weight excluding hydrogens is 334 g/mol. The topological polar surface area (TPSA) is 88.8 Å². The van der Waals surface area contributed by atoms with E-state index < -0.39 is 11.9 Å². The fourth-order valence-corrected chi connectivity index (χ4v) is 3.39. The van der Waals surface area contributed by atoms with E-state index in [1.165, 1.54) is 7.11 Å². The Kier molecular flexibility index (Phi) is 5.73. The van der Waals surface area contributed by atoms with Gasteiger partial charge in [0.05, 0.1) is 25.1 Å². The molecule has 1 heterocycles. The van der Waals surface area contributed by atoms with Crippen molar-refractivity contribution in [2.45, 2.75) is 38.3 Å². The Morgan fingerprint density at radius 3 is 2.58 bits per heavy atom. The lowest BCUT2D eigenvalue weighted by molar-refractivity contribution is -0.142. The van der Waals surface area contributed by atoms with Crippen LogP contribution in [0.15, 0.2) is 40.8 Å². The Morgan fingerprint density at radius 2 is 1.88 bits per heavy atom. The number of methoxy groups -OCH3 is 1. The lowest BCUT2D eigenvalue weighted by Gasteiger charge is -2.26. The van der Waals surface area contributed by atoms with Crippen LogP contribution in [0.3, 0.4) is 0 Å². The van der Waals surface area contributed by atoms with Gasteiger partial charge in [-0.25, -0.2) is 4.79 Å². The van der Waals surface area contributed by atoms with Gasteiger partial charge in [0.15, 0.2) is 0 Å². The predicted octanol–water partition coefficient (Wildman–Crippen LogP) is 3.47. The van der Waals surface area contributed by atoms with E-state index in [2.05, 4.69) is 5.32 Å². The molecule has 1 aliphatic rings. The molecule has 2 N–H and O–H groups in total. The monoisotopic (exact) mass is 357 g/mol. The third-order valence-corrected chi connectivity index (χ3v) is 4.90. The van der Waals surface area contributed by atoms with Crippen LogP contribution in [0.5, 0.6) is 0 Å². The molecule has 0 unspecified atom stereocenters. The Bertz CT molecular complexity index is 774. The van der Waals surface area contributed by atoms with E-state index in [4.69, 9.17) is 14.3 Å². The van der Waals surface area contributed by atoms with Crippen molar-refractivity contribution in [2.24, 2.45) is 5.92 Å². The molecule has 1 aliphatic carbocycles. The van der Waals surface area contributed by atoms with Crippen molar-refractivity contribution in [1.82, 2.24) is 5.32 Å². The summed E-state index contributed by atoms with van der Waals surface area (Å²) in [7, 11) is 1.36. The van der Waals surface area contributed by atoms with Crippen LogP contribution in [0.4, 0.5) is 0 Å². The molecule has 0 radical (unpaired) electrons. The first kappa shape index (κ1) is 18.2. The molecule has 3 rings (SSSR count). The average Bonchev–Trinajstić information content (AvgIpc) is 3.15. The van der Waals surface area contributed by atoms with Crippen molar-refractivity contribution < 1.29 is 23.8 Å². The highest BCUT2D eigenvalue weighted by Gasteiger charge is 2.25. The van der Waals surface area contributed by atoms with Gasteiger partial charge in [-0.15, -0.1) is 0 Å². The van der Waals surface area contributed by atoms with E-state index in [9.17, 15) is 9.59 Å². The maximum Gasteiger partial charge on any atom is 0.338 e. The second kappa shape index (κ2) is 8.19. The summed E-state index contributed by atoms with van der Waals surface area (Å²) in [6, 6.07) is 11.2. The smallest absolute Gasteiger partial charge is 0.338 e. The van der Waals surface area contributed by atoms with Crippen LogP contribution in [0, 0.1) is 5.92 Å². The SMILES string of the molecule is COC(=O)c1ccccc1-c1ccc(CNC2CCC(C(=O)O)CC2)o1. The lowest BCUT2D eigenvalue weighted by atomic mass is 9.86. The maximum atomic E-state index is 11.9. The summed E-state index contributed by atoms with van der Waals surface area (Å²) >= 11 is 0. The van der Waals surface area contributed by atoms with Gasteiger partial charge in [-0.1, -0.05) is 18.2 Å². The molecule has 0 amide bonds. The fraction of sp³-hybridized carbons (Fsp3) is 0.400. The van der Waals surface area contributed by atoms with Gasteiger partial charge in [-0.3, -0.25) is 4.79 Å². The highest BCUT2D eigenvalue weighted by Crippen LogP contribution is 2.27. The van der Waals surface area contributed by atoms with E-state index in [0.717, 1.165) is 18.6 Å². The van der Waals surface area contributed by atoms with E-state index in [1.54, 1.807) is 12.1 Å². The minimum Gasteiger partial charge on any atom is -0.481 e. The van der Waals surface area contributed by atoms with Crippen molar-refractivity contribution >= 4 is 11.9 Å². The zero-order chi connectivity index (χ0) is 18.5. The third-order valence-electron chi connectivity index (χ3n) is 4.90. The number of aliphatic carboxylic acids is 1. The molecule has 1 saturated carbocycles. The first-order chi connectivity index (χ1) is 12.6. The van der Waals surface area contributed by atoms with Crippen LogP contribution < -0.4 is 5.32 Å².